The van der Waals surface area contributed by atoms with Crippen molar-refractivity contribution in [2.75, 3.05) is 0 Å². The third-order valence-corrected chi connectivity index (χ3v) is 4.21. The van der Waals surface area contributed by atoms with Crippen LogP contribution in [0.4, 0.5) is 13.2 Å². The van der Waals surface area contributed by atoms with Crippen molar-refractivity contribution in [3.63, 3.8) is 0 Å². The minimum absolute atomic E-state index is 0.112. The summed E-state index contributed by atoms with van der Waals surface area (Å²) in [5, 5.41) is 1.90. The van der Waals surface area contributed by atoms with Crippen LogP contribution in [0.1, 0.15) is 11.3 Å². The number of thioether (sulfide) groups is 1. The Hall–Kier alpha value is -1.21. The summed E-state index contributed by atoms with van der Waals surface area (Å²) < 4.78 is 42.6. The molecule has 0 radical (unpaired) electrons. The third kappa shape index (κ3) is 2.87. The highest BCUT2D eigenvalue weighted by molar-refractivity contribution is 8.04. The lowest BCUT2D eigenvalue weighted by atomic mass is 10.1. The molecule has 0 N–H and O–H groups in total. The molecule has 2 heterocycles. The molecule has 0 saturated carbocycles. The van der Waals surface area contributed by atoms with Crippen LogP contribution in [-0.2, 0) is 4.74 Å². The molecule has 0 fully saturated rings. The first-order valence-electron chi connectivity index (χ1n) is 5.48. The molecule has 1 unspecified atom stereocenters. The van der Waals surface area contributed by atoms with Crippen molar-refractivity contribution >= 4 is 29.0 Å². The van der Waals surface area contributed by atoms with Gasteiger partial charge in [0.25, 0.3) is 0 Å². The Morgan fingerprint density at radius 3 is 2.95 bits per heavy atom. The van der Waals surface area contributed by atoms with E-state index >= 15 is 0 Å². The predicted molar refractivity (Wildman–Crippen MR) is 70.2 cm³/mol. The Bertz CT molecular complexity index is 572. The fourth-order valence-corrected chi connectivity index (χ4v) is 3.13. The van der Waals surface area contributed by atoms with E-state index < -0.39 is 5.51 Å². The molecule has 1 aromatic heterocycles. The number of hydrogen-bond acceptors (Lipinski definition) is 4. The van der Waals surface area contributed by atoms with Crippen LogP contribution in [0.2, 0.25) is 0 Å². The van der Waals surface area contributed by atoms with E-state index in [1.807, 2.05) is 17.5 Å². The lowest BCUT2D eigenvalue weighted by molar-refractivity contribution is -0.0321. The highest BCUT2D eigenvalue weighted by atomic mass is 32.2. The van der Waals surface area contributed by atoms with Gasteiger partial charge in [-0.2, -0.15) is 13.2 Å². The van der Waals surface area contributed by atoms with Crippen molar-refractivity contribution in [2.45, 2.75) is 18.0 Å². The van der Waals surface area contributed by atoms with E-state index in [0.29, 0.717) is 18.0 Å². The zero-order valence-electron chi connectivity index (χ0n) is 9.48. The van der Waals surface area contributed by atoms with E-state index in [-0.39, 0.29) is 22.8 Å². The number of hydrogen-bond donors (Lipinski definition) is 0. The maximum Gasteiger partial charge on any atom is 0.446 e. The fraction of sp³-hybridized carbons (Fsp3) is 0.250. The van der Waals surface area contributed by atoms with Gasteiger partial charge in [0.1, 0.15) is 6.10 Å². The van der Waals surface area contributed by atoms with Crippen molar-refractivity contribution in [1.82, 2.24) is 0 Å². The van der Waals surface area contributed by atoms with E-state index in [9.17, 15) is 13.2 Å². The topological polar surface area (TPSA) is 21.6 Å². The molecule has 1 aliphatic carbocycles. The summed E-state index contributed by atoms with van der Waals surface area (Å²) in [5.74, 6) is 0.498. The number of fused-ring (bicyclic) bond motifs is 1. The van der Waals surface area contributed by atoms with Crippen molar-refractivity contribution in [3.05, 3.63) is 45.1 Å². The van der Waals surface area contributed by atoms with Crippen LogP contribution in [-0.4, -0.2) is 17.5 Å². The summed E-state index contributed by atoms with van der Waals surface area (Å²) in [7, 11) is 0. The van der Waals surface area contributed by atoms with Gasteiger partial charge in [0.05, 0.1) is 10.6 Å². The molecule has 3 rings (SSSR count). The second-order valence-corrected chi connectivity index (χ2v) is 6.05. The zero-order chi connectivity index (χ0) is 13.5. The van der Waals surface area contributed by atoms with Crippen LogP contribution in [0.3, 0.4) is 0 Å². The molecular weight excluding hydrogens is 295 g/mol. The lowest BCUT2D eigenvalue weighted by Gasteiger charge is -2.16. The highest BCUT2D eigenvalue weighted by Gasteiger charge is 2.34. The Morgan fingerprint density at radius 1 is 1.42 bits per heavy atom. The lowest BCUT2D eigenvalue weighted by Crippen LogP contribution is -2.14. The van der Waals surface area contributed by atoms with Crippen LogP contribution in [0.25, 0.3) is 0 Å². The van der Waals surface area contributed by atoms with E-state index in [2.05, 4.69) is 4.99 Å². The number of nitrogens with zero attached hydrogens (tertiary/aromatic N) is 1. The van der Waals surface area contributed by atoms with E-state index in [0.717, 1.165) is 4.88 Å². The molecule has 0 spiro atoms. The smallest absolute Gasteiger partial charge is 0.446 e. The van der Waals surface area contributed by atoms with Gasteiger partial charge in [0, 0.05) is 11.3 Å². The van der Waals surface area contributed by atoms with Gasteiger partial charge in [-0.25, -0.2) is 4.99 Å². The fourth-order valence-electron chi connectivity index (χ4n) is 1.85. The number of thiophene rings is 1. The monoisotopic (exact) mass is 303 g/mol. The molecule has 100 valence electrons. The van der Waals surface area contributed by atoms with Gasteiger partial charge >= 0.3 is 5.51 Å². The summed E-state index contributed by atoms with van der Waals surface area (Å²) in [6.07, 6.45) is 3.16. The quantitative estimate of drug-likeness (QED) is 0.811. The van der Waals surface area contributed by atoms with Crippen LogP contribution in [0, 0.1) is 0 Å². The number of allylic oxidation sites excluding steroid dienone is 1. The molecule has 0 bridgehead atoms. The van der Waals surface area contributed by atoms with Crippen LogP contribution in [0.5, 0.6) is 0 Å². The molecule has 7 heteroatoms. The van der Waals surface area contributed by atoms with Crippen molar-refractivity contribution < 1.29 is 17.9 Å². The van der Waals surface area contributed by atoms with E-state index in [1.54, 1.807) is 6.08 Å². The maximum atomic E-state index is 12.3. The number of ether oxygens (including phenoxy) is 1. The number of aliphatic imine (C=N–C) groups is 1. The van der Waals surface area contributed by atoms with E-state index in [1.165, 1.54) is 17.4 Å². The molecule has 19 heavy (non-hydrogen) atoms. The van der Waals surface area contributed by atoms with Gasteiger partial charge < -0.3 is 4.74 Å². The van der Waals surface area contributed by atoms with Gasteiger partial charge in [0.2, 0.25) is 5.90 Å². The SMILES string of the molecule is FC(F)(F)SC1=CCC2OC(c3cccs3)=NC2=C1. The van der Waals surface area contributed by atoms with Crippen LogP contribution in [0.15, 0.2) is 45.3 Å². The molecule has 1 atom stereocenters. The Kier molecular flexibility index (Phi) is 3.18. The van der Waals surface area contributed by atoms with Crippen molar-refractivity contribution in [3.8, 4) is 0 Å². The molecular formula is C12H8F3NOS2. The molecule has 0 amide bonds. The maximum absolute atomic E-state index is 12.3. The molecule has 0 aromatic carbocycles. The van der Waals surface area contributed by atoms with Gasteiger partial charge in [-0.05, 0) is 29.3 Å². The average Bonchev–Trinajstić information content (AvgIpc) is 2.94. The Balaban J connectivity index is 1.81. The number of alkyl halides is 3. The van der Waals surface area contributed by atoms with Crippen molar-refractivity contribution in [2.24, 2.45) is 4.99 Å². The largest absolute Gasteiger partial charge is 0.466 e. The first kappa shape index (κ1) is 12.8. The second kappa shape index (κ2) is 4.72. The van der Waals surface area contributed by atoms with E-state index in [4.69, 9.17) is 4.74 Å². The summed E-state index contributed by atoms with van der Waals surface area (Å²) in [4.78, 5) is 5.35. The third-order valence-electron chi connectivity index (χ3n) is 2.60. The molecule has 0 saturated heterocycles. The van der Waals surface area contributed by atoms with Gasteiger partial charge in [-0.3, -0.25) is 0 Å². The molecule has 1 aromatic rings. The van der Waals surface area contributed by atoms with Gasteiger partial charge in [-0.1, -0.05) is 12.1 Å². The van der Waals surface area contributed by atoms with Gasteiger partial charge in [-0.15, -0.1) is 11.3 Å². The second-order valence-electron chi connectivity index (χ2n) is 3.96. The summed E-state index contributed by atoms with van der Waals surface area (Å²) in [5.41, 5.74) is -3.70. The minimum atomic E-state index is -4.27. The minimum Gasteiger partial charge on any atom is -0.466 e. The standard InChI is InChI=1S/C12H8F3NOS2/c13-12(14,15)19-7-3-4-9-8(6-7)16-11(17-9)10-2-1-5-18-10/h1-3,5-6,9H,4H2. The normalized spacial score (nSPS) is 22.3. The predicted octanol–water partition coefficient (Wildman–Crippen LogP) is 4.32. The average molecular weight is 303 g/mol. The number of halogens is 3. The Labute approximate surface area is 115 Å². The Morgan fingerprint density at radius 2 is 2.26 bits per heavy atom. The van der Waals surface area contributed by atoms with Crippen LogP contribution < -0.4 is 0 Å². The summed E-state index contributed by atoms with van der Waals surface area (Å²) in [6, 6.07) is 3.76. The number of rotatable bonds is 2. The highest BCUT2D eigenvalue weighted by Crippen LogP contribution is 2.41. The first-order chi connectivity index (χ1) is 9.01. The van der Waals surface area contributed by atoms with Crippen LogP contribution >= 0.6 is 23.1 Å². The molecule has 2 nitrogen and oxygen atoms in total. The molecule has 2 aliphatic rings. The van der Waals surface area contributed by atoms with Crippen molar-refractivity contribution in [1.29, 1.82) is 0 Å². The van der Waals surface area contributed by atoms with Gasteiger partial charge in [0.15, 0.2) is 0 Å². The zero-order valence-corrected chi connectivity index (χ0v) is 11.1. The summed E-state index contributed by atoms with van der Waals surface area (Å²) >= 11 is 1.38. The molecule has 1 aliphatic heterocycles. The first-order valence-corrected chi connectivity index (χ1v) is 7.17. The summed E-state index contributed by atoms with van der Waals surface area (Å²) in [6.45, 7) is 0.